The predicted molar refractivity (Wildman–Crippen MR) is 83.1 cm³/mol. The highest BCUT2D eigenvalue weighted by molar-refractivity contribution is 7.58. The molecule has 9 heteroatoms. The summed E-state index contributed by atoms with van der Waals surface area (Å²) in [4.78, 5) is 8.03. The molecule has 0 unspecified atom stereocenters. The minimum atomic E-state index is 0.149. The summed E-state index contributed by atoms with van der Waals surface area (Å²) in [5.41, 5.74) is 2.62. The van der Waals surface area contributed by atoms with E-state index in [0.29, 0.717) is 32.9 Å². The van der Waals surface area contributed by atoms with Gasteiger partial charge in [-0.1, -0.05) is 23.2 Å². The maximum atomic E-state index is 6.22. The smallest absolute Gasteiger partial charge is 0.224 e. The Kier molecular flexibility index (Phi) is 3.64. The first-order valence-electron chi connectivity index (χ1n) is 5.42. The van der Waals surface area contributed by atoms with Crippen molar-refractivity contribution in [3.63, 3.8) is 0 Å². The minimum absolute atomic E-state index is 0.149. The summed E-state index contributed by atoms with van der Waals surface area (Å²) in [5, 5.41) is 4.16. The van der Waals surface area contributed by atoms with Crippen molar-refractivity contribution in [1.82, 2.24) is 9.97 Å². The van der Waals surface area contributed by atoms with Crippen LogP contribution in [-0.2, 0) is 11.4 Å². The van der Waals surface area contributed by atoms with E-state index in [0.717, 1.165) is 16.9 Å². The van der Waals surface area contributed by atoms with Crippen molar-refractivity contribution in [1.29, 1.82) is 0 Å². The van der Waals surface area contributed by atoms with Gasteiger partial charge in [0.1, 0.15) is 17.2 Å². The molecule has 0 fully saturated rings. The lowest BCUT2D eigenvalue weighted by Gasteiger charge is -2.12. The van der Waals surface area contributed by atoms with Crippen LogP contribution in [0.1, 0.15) is 5.56 Å². The Balaban J connectivity index is 2.11. The average Bonchev–Trinajstić information content (AvgIpc) is 2.88. The van der Waals surface area contributed by atoms with Crippen LogP contribution < -0.4 is 5.32 Å². The summed E-state index contributed by atoms with van der Waals surface area (Å²) in [6.45, 7) is 1.86. The molecule has 0 radical (unpaired) electrons. The van der Waals surface area contributed by atoms with Gasteiger partial charge in [-0.05, 0) is 24.6 Å². The van der Waals surface area contributed by atoms with E-state index in [4.69, 9.17) is 34.8 Å². The molecule has 0 bridgehead atoms. The highest BCUT2D eigenvalue weighted by Gasteiger charge is 2.19. The monoisotopic (exact) mass is 345 g/mol. The number of nitrogens with one attached hydrogen (secondary N) is 1. The second-order valence-corrected chi connectivity index (χ2v) is 5.65. The zero-order chi connectivity index (χ0) is 14.3. The van der Waals surface area contributed by atoms with Crippen molar-refractivity contribution < 1.29 is 0 Å². The van der Waals surface area contributed by atoms with Crippen molar-refractivity contribution in [2.45, 2.75) is 6.92 Å². The lowest BCUT2D eigenvalue weighted by atomic mass is 10.2. The van der Waals surface area contributed by atoms with E-state index >= 15 is 0 Å². The van der Waals surface area contributed by atoms with Crippen LogP contribution in [0.15, 0.2) is 21.0 Å². The van der Waals surface area contributed by atoms with Crippen LogP contribution in [0.5, 0.6) is 0 Å². The zero-order valence-electron chi connectivity index (χ0n) is 9.99. The third-order valence-corrected chi connectivity index (χ3v) is 3.93. The van der Waals surface area contributed by atoms with Gasteiger partial charge in [0.25, 0.3) is 0 Å². The Morgan fingerprint density at radius 3 is 2.65 bits per heavy atom. The highest BCUT2D eigenvalue weighted by atomic mass is 35.5. The van der Waals surface area contributed by atoms with Gasteiger partial charge in [0.2, 0.25) is 5.28 Å². The molecule has 5 nitrogen and oxygen atoms in total. The Morgan fingerprint density at radius 2 is 1.85 bits per heavy atom. The average molecular weight is 347 g/mol. The molecule has 102 valence electrons. The summed E-state index contributed by atoms with van der Waals surface area (Å²) in [6, 6.07) is 1.62. The lowest BCUT2D eigenvalue weighted by molar-refractivity contribution is 1.13. The first-order chi connectivity index (χ1) is 9.56. The molecule has 1 N–H and O–H groups in total. The molecule has 0 amide bonds. The van der Waals surface area contributed by atoms with Crippen LogP contribution in [0, 0.1) is 6.92 Å². The molecule has 20 heavy (non-hydrogen) atoms. The zero-order valence-corrected chi connectivity index (χ0v) is 13.1. The van der Waals surface area contributed by atoms with E-state index in [1.165, 1.54) is 0 Å². The third-order valence-electron chi connectivity index (χ3n) is 2.63. The molecule has 1 aliphatic heterocycles. The number of fused-ring (bicyclic) bond motifs is 1. The van der Waals surface area contributed by atoms with Gasteiger partial charge in [0.05, 0.1) is 27.1 Å². The third kappa shape index (κ3) is 2.40. The summed E-state index contributed by atoms with van der Waals surface area (Å²) in [5.74, 6) is 0.559. The number of nitrogens with zero attached hydrogens (tertiary/aromatic N) is 4. The number of rotatable bonds is 2. The predicted octanol–water partition coefficient (Wildman–Crippen LogP) is 5.22. The SMILES string of the molecule is Cc1cnc(Cl)nc1Nc1c(Cl)cc(Cl)c2c1N=S=N2. The van der Waals surface area contributed by atoms with Crippen LogP contribution in [-0.4, -0.2) is 9.97 Å². The van der Waals surface area contributed by atoms with Crippen molar-refractivity contribution in [2.75, 3.05) is 5.32 Å². The van der Waals surface area contributed by atoms with E-state index in [9.17, 15) is 0 Å². The van der Waals surface area contributed by atoms with Gasteiger partial charge in [-0.25, -0.2) is 9.97 Å². The van der Waals surface area contributed by atoms with E-state index in [2.05, 4.69) is 24.0 Å². The molecule has 0 spiro atoms. The fourth-order valence-corrected chi connectivity index (χ4v) is 2.95. The van der Waals surface area contributed by atoms with Crippen LogP contribution in [0.2, 0.25) is 15.3 Å². The van der Waals surface area contributed by atoms with E-state index in [1.807, 2.05) is 6.92 Å². The molecule has 0 aliphatic carbocycles. The maximum absolute atomic E-state index is 6.22. The fourth-order valence-electron chi connectivity index (χ4n) is 1.66. The number of aromatic nitrogens is 2. The number of hydrogen-bond donors (Lipinski definition) is 1. The van der Waals surface area contributed by atoms with Gasteiger partial charge in [-0.15, -0.1) is 0 Å². The molecule has 1 aromatic heterocycles. The van der Waals surface area contributed by atoms with Crippen molar-refractivity contribution in [2.24, 2.45) is 8.73 Å². The van der Waals surface area contributed by atoms with Crippen LogP contribution in [0.3, 0.4) is 0 Å². The molecular weight excluding hydrogens is 341 g/mol. The van der Waals surface area contributed by atoms with Gasteiger partial charge in [0, 0.05) is 11.8 Å². The molecule has 2 aromatic rings. The first-order valence-corrected chi connectivity index (χ1v) is 7.29. The largest absolute Gasteiger partial charge is 0.337 e. The quantitative estimate of drug-likeness (QED) is 0.647. The van der Waals surface area contributed by atoms with Gasteiger partial charge in [-0.2, -0.15) is 8.73 Å². The topological polar surface area (TPSA) is 62.5 Å². The Morgan fingerprint density at radius 1 is 1.10 bits per heavy atom. The standard InChI is InChI=1S/C11H6Cl3N5S/c1-4-3-15-11(14)17-10(4)16-7-5(12)2-6(13)8-9(7)19-20-18-8/h2-3H,1H3,(H,15,16,17). The van der Waals surface area contributed by atoms with Crippen LogP contribution in [0.25, 0.3) is 0 Å². The Labute approximate surface area is 133 Å². The first kappa shape index (κ1) is 13.8. The molecule has 2 heterocycles. The highest BCUT2D eigenvalue weighted by Crippen LogP contribution is 2.48. The molecule has 3 rings (SSSR count). The summed E-state index contributed by atoms with van der Waals surface area (Å²) >= 11 is 19.2. The second-order valence-electron chi connectivity index (χ2n) is 3.97. The van der Waals surface area contributed by atoms with Crippen LogP contribution in [0.4, 0.5) is 22.9 Å². The van der Waals surface area contributed by atoms with Gasteiger partial charge in [-0.3, -0.25) is 0 Å². The van der Waals surface area contributed by atoms with Gasteiger partial charge < -0.3 is 5.32 Å². The molecular formula is C11H6Cl3N5S. The van der Waals surface area contributed by atoms with Crippen molar-refractivity contribution in [3.05, 3.63) is 33.2 Å². The molecule has 0 saturated carbocycles. The number of aryl methyl sites for hydroxylation is 1. The number of anilines is 2. The van der Waals surface area contributed by atoms with Crippen molar-refractivity contribution in [3.8, 4) is 0 Å². The van der Waals surface area contributed by atoms with Crippen LogP contribution >= 0.6 is 34.8 Å². The van der Waals surface area contributed by atoms with E-state index < -0.39 is 0 Å². The molecule has 0 saturated heterocycles. The Bertz CT molecular complexity index is 786. The number of halogens is 3. The summed E-state index contributed by atoms with van der Waals surface area (Å²) < 4.78 is 8.35. The van der Waals surface area contributed by atoms with Gasteiger partial charge >= 0.3 is 0 Å². The second kappa shape index (κ2) is 5.29. The van der Waals surface area contributed by atoms with Crippen molar-refractivity contribution >= 4 is 69.0 Å². The lowest BCUT2D eigenvalue weighted by Crippen LogP contribution is -1.99. The molecule has 1 aromatic carbocycles. The molecule has 1 aliphatic rings. The summed E-state index contributed by atoms with van der Waals surface area (Å²) in [7, 11) is 0. The minimum Gasteiger partial charge on any atom is -0.337 e. The number of hydrogen-bond acceptors (Lipinski definition) is 5. The maximum Gasteiger partial charge on any atom is 0.224 e. The molecule has 0 atom stereocenters. The van der Waals surface area contributed by atoms with Gasteiger partial charge in [0.15, 0.2) is 0 Å². The Hall–Kier alpha value is -1.21. The normalized spacial score (nSPS) is 12.2. The summed E-state index contributed by atoms with van der Waals surface area (Å²) in [6.07, 6.45) is 1.62. The van der Waals surface area contributed by atoms with E-state index in [1.54, 1.807) is 12.3 Å². The van der Waals surface area contributed by atoms with E-state index in [-0.39, 0.29) is 5.28 Å². The number of benzene rings is 1. The fraction of sp³-hybridized carbons (Fsp3) is 0.0909.